The van der Waals surface area contributed by atoms with Gasteiger partial charge in [-0.3, -0.25) is 9.88 Å². The number of nitrogens with zero attached hydrogens (tertiary/aromatic N) is 1. The Morgan fingerprint density at radius 1 is 1.33 bits per heavy atom. The van der Waals surface area contributed by atoms with Crippen LogP contribution in [-0.2, 0) is 14.8 Å². The first-order chi connectivity index (χ1) is 11.5. The third kappa shape index (κ3) is 3.86. The summed E-state index contributed by atoms with van der Waals surface area (Å²) in [5, 5.41) is 0. The molecule has 8 nitrogen and oxygen atoms in total. The third-order valence-electron chi connectivity index (χ3n) is 4.10. The summed E-state index contributed by atoms with van der Waals surface area (Å²) < 4.78 is 38.2. The number of H-pyrrole nitrogens is 1. The molecule has 1 aliphatic heterocycles. The highest BCUT2D eigenvalue weighted by Crippen LogP contribution is 2.17. The van der Waals surface area contributed by atoms with Gasteiger partial charge < -0.3 is 9.15 Å². The number of sulfonamides is 1. The average Bonchev–Trinajstić information content (AvgIpc) is 2.94. The fourth-order valence-electron chi connectivity index (χ4n) is 2.73. The van der Waals surface area contributed by atoms with Gasteiger partial charge in [-0.2, -0.15) is 0 Å². The summed E-state index contributed by atoms with van der Waals surface area (Å²) in [7, 11) is -3.69. The maximum absolute atomic E-state index is 12.6. The SMILES string of the molecule is CC[C@@H](CN1CCOCC1)NS(=O)(=O)c1ccc2[nH]c(=O)oc2c1. The van der Waals surface area contributed by atoms with Gasteiger partial charge in [0.15, 0.2) is 5.58 Å². The van der Waals surface area contributed by atoms with Gasteiger partial charge in [0.2, 0.25) is 10.0 Å². The average molecular weight is 355 g/mol. The predicted octanol–water partition coefficient (Wildman–Crippen LogP) is 0.510. The Kier molecular flexibility index (Phi) is 5.04. The zero-order chi connectivity index (χ0) is 17.2. The van der Waals surface area contributed by atoms with Gasteiger partial charge >= 0.3 is 5.76 Å². The fraction of sp³-hybridized carbons (Fsp3) is 0.533. The second-order valence-corrected chi connectivity index (χ2v) is 7.53. The normalized spacial score (nSPS) is 18.0. The molecule has 0 bridgehead atoms. The van der Waals surface area contributed by atoms with E-state index < -0.39 is 15.8 Å². The summed E-state index contributed by atoms with van der Waals surface area (Å²) >= 11 is 0. The van der Waals surface area contributed by atoms with Gasteiger partial charge in [0.25, 0.3) is 0 Å². The highest BCUT2D eigenvalue weighted by Gasteiger charge is 2.22. The number of hydrogen-bond donors (Lipinski definition) is 2. The number of fused-ring (bicyclic) bond motifs is 1. The summed E-state index contributed by atoms with van der Waals surface area (Å²) in [4.78, 5) is 16.0. The molecule has 2 aromatic rings. The van der Waals surface area contributed by atoms with Crippen LogP contribution in [0.15, 0.2) is 32.3 Å². The number of morpholine rings is 1. The monoisotopic (exact) mass is 355 g/mol. The molecule has 0 radical (unpaired) electrons. The summed E-state index contributed by atoms with van der Waals surface area (Å²) in [5.74, 6) is -0.605. The van der Waals surface area contributed by atoms with Crippen molar-refractivity contribution in [3.8, 4) is 0 Å². The van der Waals surface area contributed by atoms with E-state index in [4.69, 9.17) is 9.15 Å². The molecule has 0 aliphatic carbocycles. The van der Waals surface area contributed by atoms with Crippen molar-refractivity contribution >= 4 is 21.1 Å². The van der Waals surface area contributed by atoms with E-state index in [-0.39, 0.29) is 16.5 Å². The van der Waals surface area contributed by atoms with Crippen LogP contribution in [-0.4, -0.2) is 57.2 Å². The molecule has 2 N–H and O–H groups in total. The first-order valence-corrected chi connectivity index (χ1v) is 9.41. The van der Waals surface area contributed by atoms with E-state index in [9.17, 15) is 13.2 Å². The van der Waals surface area contributed by atoms with Crippen LogP contribution < -0.4 is 10.5 Å². The van der Waals surface area contributed by atoms with Crippen molar-refractivity contribution in [1.29, 1.82) is 0 Å². The first-order valence-electron chi connectivity index (χ1n) is 7.93. The van der Waals surface area contributed by atoms with Crippen molar-refractivity contribution in [1.82, 2.24) is 14.6 Å². The molecule has 3 rings (SSSR count). The minimum atomic E-state index is -3.69. The van der Waals surface area contributed by atoms with E-state index in [2.05, 4.69) is 14.6 Å². The molecule has 1 atom stereocenters. The van der Waals surface area contributed by atoms with Crippen molar-refractivity contribution in [2.45, 2.75) is 24.3 Å². The molecular weight excluding hydrogens is 334 g/mol. The molecule has 1 aromatic heterocycles. The molecule has 2 heterocycles. The lowest BCUT2D eigenvalue weighted by Crippen LogP contribution is -2.47. The highest BCUT2D eigenvalue weighted by atomic mass is 32.2. The van der Waals surface area contributed by atoms with Gasteiger partial charge in [0.1, 0.15) is 0 Å². The summed E-state index contributed by atoms with van der Waals surface area (Å²) in [6.45, 7) is 5.54. The second kappa shape index (κ2) is 7.06. The van der Waals surface area contributed by atoms with Gasteiger partial charge in [-0.15, -0.1) is 0 Å². The number of hydrogen-bond acceptors (Lipinski definition) is 6. The van der Waals surface area contributed by atoms with E-state index >= 15 is 0 Å². The molecule has 1 fully saturated rings. The largest absolute Gasteiger partial charge is 0.417 e. The Hall–Kier alpha value is -1.68. The van der Waals surface area contributed by atoms with Crippen LogP contribution in [0, 0.1) is 0 Å². The Labute approximate surface area is 139 Å². The van der Waals surface area contributed by atoms with Crippen LogP contribution >= 0.6 is 0 Å². The minimum Gasteiger partial charge on any atom is -0.408 e. The van der Waals surface area contributed by atoms with Crippen LogP contribution in [0.3, 0.4) is 0 Å². The van der Waals surface area contributed by atoms with Crippen LogP contribution in [0.2, 0.25) is 0 Å². The minimum absolute atomic E-state index is 0.0816. The molecule has 0 spiro atoms. The Morgan fingerprint density at radius 3 is 2.79 bits per heavy atom. The maximum Gasteiger partial charge on any atom is 0.417 e. The van der Waals surface area contributed by atoms with E-state index in [1.165, 1.54) is 18.2 Å². The molecule has 1 saturated heterocycles. The summed E-state index contributed by atoms with van der Waals surface area (Å²) in [5.41, 5.74) is 0.698. The van der Waals surface area contributed by atoms with Crippen molar-refractivity contribution in [2.75, 3.05) is 32.8 Å². The van der Waals surface area contributed by atoms with Crippen molar-refractivity contribution in [3.63, 3.8) is 0 Å². The summed E-state index contributed by atoms with van der Waals surface area (Å²) in [6.07, 6.45) is 0.679. The van der Waals surface area contributed by atoms with Gasteiger partial charge in [-0.05, 0) is 18.6 Å². The first kappa shape index (κ1) is 17.2. The molecule has 132 valence electrons. The molecule has 0 amide bonds. The maximum atomic E-state index is 12.6. The lowest BCUT2D eigenvalue weighted by Gasteiger charge is -2.30. The molecule has 1 aromatic carbocycles. The smallest absolute Gasteiger partial charge is 0.408 e. The Balaban J connectivity index is 1.75. The fourth-order valence-corrected chi connectivity index (χ4v) is 4.05. The number of aromatic amines is 1. The standard InChI is InChI=1S/C15H21N3O5S/c1-2-11(10-18-5-7-22-8-6-18)17-24(20,21)12-3-4-13-14(9-12)23-15(19)16-13/h3-4,9,11,17H,2,5-8,10H2,1H3,(H,16,19)/t11-/m0/s1. The van der Waals surface area contributed by atoms with E-state index in [0.717, 1.165) is 13.1 Å². The third-order valence-corrected chi connectivity index (χ3v) is 5.62. The van der Waals surface area contributed by atoms with Crippen molar-refractivity contribution in [3.05, 3.63) is 28.7 Å². The summed E-state index contributed by atoms with van der Waals surface area (Å²) in [6, 6.07) is 4.15. The van der Waals surface area contributed by atoms with Gasteiger partial charge in [0, 0.05) is 31.7 Å². The number of nitrogens with one attached hydrogen (secondary N) is 2. The Morgan fingerprint density at radius 2 is 2.08 bits per heavy atom. The predicted molar refractivity (Wildman–Crippen MR) is 88.5 cm³/mol. The molecule has 0 saturated carbocycles. The topological polar surface area (TPSA) is 105 Å². The molecule has 9 heteroatoms. The molecule has 24 heavy (non-hydrogen) atoms. The van der Waals surface area contributed by atoms with Crippen LogP contribution in [0.1, 0.15) is 13.3 Å². The van der Waals surface area contributed by atoms with Crippen molar-refractivity contribution < 1.29 is 17.6 Å². The number of benzene rings is 1. The quantitative estimate of drug-likeness (QED) is 0.782. The lowest BCUT2D eigenvalue weighted by atomic mass is 10.2. The number of ether oxygens (including phenoxy) is 1. The highest BCUT2D eigenvalue weighted by molar-refractivity contribution is 7.89. The van der Waals surface area contributed by atoms with Gasteiger partial charge in [0.05, 0.1) is 23.6 Å². The second-order valence-electron chi connectivity index (χ2n) is 5.81. The van der Waals surface area contributed by atoms with Gasteiger partial charge in [-0.1, -0.05) is 6.92 Å². The van der Waals surface area contributed by atoms with Crippen LogP contribution in [0.25, 0.3) is 11.1 Å². The van der Waals surface area contributed by atoms with E-state index in [0.29, 0.717) is 31.7 Å². The van der Waals surface area contributed by atoms with E-state index in [1.54, 1.807) is 0 Å². The van der Waals surface area contributed by atoms with Gasteiger partial charge in [-0.25, -0.2) is 17.9 Å². The molecular formula is C15H21N3O5S. The van der Waals surface area contributed by atoms with E-state index in [1.807, 2.05) is 6.92 Å². The lowest BCUT2D eigenvalue weighted by molar-refractivity contribution is 0.0344. The number of rotatable bonds is 6. The van der Waals surface area contributed by atoms with Crippen LogP contribution in [0.4, 0.5) is 0 Å². The number of aromatic nitrogens is 1. The molecule has 1 aliphatic rings. The van der Waals surface area contributed by atoms with Crippen LogP contribution in [0.5, 0.6) is 0 Å². The zero-order valence-corrected chi connectivity index (χ0v) is 14.3. The Bertz CT molecular complexity index is 851. The van der Waals surface area contributed by atoms with Crippen molar-refractivity contribution in [2.24, 2.45) is 0 Å². The zero-order valence-electron chi connectivity index (χ0n) is 13.4. The number of oxazole rings is 1. The molecule has 0 unspecified atom stereocenters.